The molecule has 3 rings (SSSR count). The van der Waals surface area contributed by atoms with E-state index in [2.05, 4.69) is 22.1 Å². The van der Waals surface area contributed by atoms with Crippen LogP contribution in [0.15, 0.2) is 77.3 Å². The lowest BCUT2D eigenvalue weighted by Gasteiger charge is -2.09. The quantitative estimate of drug-likeness (QED) is 0.372. The Hall–Kier alpha value is -2.91. The van der Waals surface area contributed by atoms with E-state index in [1.807, 2.05) is 37.3 Å². The molecular formula is C22H24N4O3S2. The molecule has 0 saturated carbocycles. The summed E-state index contributed by atoms with van der Waals surface area (Å²) in [4.78, 5) is 12.4. The van der Waals surface area contributed by atoms with E-state index in [9.17, 15) is 13.2 Å². The van der Waals surface area contributed by atoms with Gasteiger partial charge in [0.05, 0.1) is 10.6 Å². The number of hydrogen-bond donors (Lipinski definition) is 1. The molecule has 1 amide bonds. The number of rotatable bonds is 10. The summed E-state index contributed by atoms with van der Waals surface area (Å²) in [5.74, 6) is 0.0355. The first-order valence-corrected chi connectivity index (χ1v) is 12.3. The van der Waals surface area contributed by atoms with Crippen molar-refractivity contribution in [2.75, 3.05) is 5.75 Å². The van der Waals surface area contributed by atoms with Crippen molar-refractivity contribution in [3.8, 4) is 0 Å². The topological polar surface area (TPSA) is 93.9 Å². The number of carbonyl (C=O) groups is 1. The maximum Gasteiger partial charge on any atom is 0.230 e. The summed E-state index contributed by atoms with van der Waals surface area (Å²) in [5, 5.41) is 11.5. The largest absolute Gasteiger partial charge is 0.351 e. The molecule has 1 heterocycles. The van der Waals surface area contributed by atoms with Crippen LogP contribution in [0.2, 0.25) is 0 Å². The smallest absolute Gasteiger partial charge is 0.230 e. The van der Waals surface area contributed by atoms with E-state index in [4.69, 9.17) is 0 Å². The van der Waals surface area contributed by atoms with Gasteiger partial charge in [0.25, 0.3) is 0 Å². The van der Waals surface area contributed by atoms with Crippen LogP contribution in [0.4, 0.5) is 0 Å². The number of hydrogen-bond acceptors (Lipinski definition) is 6. The Morgan fingerprint density at radius 2 is 1.84 bits per heavy atom. The van der Waals surface area contributed by atoms with Gasteiger partial charge in [-0.3, -0.25) is 4.79 Å². The van der Waals surface area contributed by atoms with E-state index in [0.29, 0.717) is 24.1 Å². The lowest BCUT2D eigenvalue weighted by Crippen LogP contribution is -2.24. The van der Waals surface area contributed by atoms with E-state index in [1.54, 1.807) is 34.9 Å². The molecule has 3 aromatic rings. The molecule has 0 saturated heterocycles. The third-order valence-electron chi connectivity index (χ3n) is 4.47. The van der Waals surface area contributed by atoms with E-state index < -0.39 is 9.84 Å². The van der Waals surface area contributed by atoms with E-state index in [1.165, 1.54) is 11.8 Å². The van der Waals surface area contributed by atoms with Crippen LogP contribution in [-0.2, 0) is 33.5 Å². The Morgan fingerprint density at radius 3 is 2.52 bits per heavy atom. The Balaban J connectivity index is 1.66. The number of nitrogens with one attached hydrogen (secondary N) is 1. The minimum Gasteiger partial charge on any atom is -0.351 e. The van der Waals surface area contributed by atoms with Gasteiger partial charge in [0.1, 0.15) is 11.6 Å². The second-order valence-electron chi connectivity index (χ2n) is 6.92. The zero-order chi connectivity index (χ0) is 22.3. The summed E-state index contributed by atoms with van der Waals surface area (Å²) >= 11 is 1.21. The summed E-state index contributed by atoms with van der Waals surface area (Å²) < 4.78 is 27.2. The Bertz CT molecular complexity index is 1140. The van der Waals surface area contributed by atoms with Gasteiger partial charge < -0.3 is 9.88 Å². The SMILES string of the molecule is C=CCn1c(CS(=O)(=O)c2ccc(C)cc2)nnc1SCC(=O)NCc1ccccc1. The predicted octanol–water partition coefficient (Wildman–Crippen LogP) is 3.15. The van der Waals surface area contributed by atoms with Gasteiger partial charge in [-0.25, -0.2) is 8.42 Å². The Labute approximate surface area is 186 Å². The first kappa shape index (κ1) is 22.8. The molecule has 9 heteroatoms. The van der Waals surface area contributed by atoms with Crippen LogP contribution in [0, 0.1) is 6.92 Å². The minimum absolute atomic E-state index is 0.143. The van der Waals surface area contributed by atoms with E-state index in [-0.39, 0.29) is 22.3 Å². The summed E-state index contributed by atoms with van der Waals surface area (Å²) in [6.45, 7) is 6.42. The third kappa shape index (κ3) is 6.28. The number of thioether (sulfide) groups is 1. The van der Waals surface area contributed by atoms with Crippen LogP contribution in [0.3, 0.4) is 0 Å². The fourth-order valence-corrected chi connectivity index (χ4v) is 4.89. The van der Waals surface area contributed by atoms with Crippen molar-refractivity contribution in [1.29, 1.82) is 0 Å². The van der Waals surface area contributed by atoms with E-state index >= 15 is 0 Å². The number of sulfone groups is 1. The fraction of sp³-hybridized carbons (Fsp3) is 0.227. The van der Waals surface area contributed by atoms with Crippen LogP contribution in [-0.4, -0.2) is 34.8 Å². The Morgan fingerprint density at radius 1 is 1.13 bits per heavy atom. The van der Waals surface area contributed by atoms with Crippen molar-refractivity contribution >= 4 is 27.5 Å². The molecule has 31 heavy (non-hydrogen) atoms. The molecule has 0 aliphatic carbocycles. The molecular weight excluding hydrogens is 432 g/mol. The summed E-state index contributed by atoms with van der Waals surface area (Å²) in [6.07, 6.45) is 1.64. The van der Waals surface area contributed by atoms with Gasteiger partial charge in [-0.2, -0.15) is 0 Å². The molecule has 0 aliphatic rings. The van der Waals surface area contributed by atoms with Gasteiger partial charge in [-0.05, 0) is 24.6 Å². The van der Waals surface area contributed by atoms with E-state index in [0.717, 1.165) is 11.1 Å². The van der Waals surface area contributed by atoms with Crippen molar-refractivity contribution < 1.29 is 13.2 Å². The average Bonchev–Trinajstić information content (AvgIpc) is 3.12. The van der Waals surface area contributed by atoms with Gasteiger partial charge in [0.15, 0.2) is 15.0 Å². The first-order chi connectivity index (χ1) is 14.9. The number of allylic oxidation sites excluding steroid dienone is 1. The second-order valence-corrected chi connectivity index (χ2v) is 9.85. The molecule has 1 aromatic heterocycles. The van der Waals surface area contributed by atoms with Crippen molar-refractivity contribution in [2.24, 2.45) is 0 Å². The van der Waals surface area contributed by atoms with Gasteiger partial charge in [0, 0.05) is 13.1 Å². The molecule has 0 atom stereocenters. The number of benzene rings is 2. The predicted molar refractivity (Wildman–Crippen MR) is 121 cm³/mol. The zero-order valence-electron chi connectivity index (χ0n) is 17.2. The van der Waals surface area contributed by atoms with Gasteiger partial charge in [0.2, 0.25) is 5.91 Å². The molecule has 0 fully saturated rings. The number of amides is 1. The maximum atomic E-state index is 12.8. The highest BCUT2D eigenvalue weighted by Gasteiger charge is 2.21. The summed E-state index contributed by atoms with van der Waals surface area (Å²) in [6, 6.07) is 16.3. The van der Waals surface area contributed by atoms with Crippen LogP contribution >= 0.6 is 11.8 Å². The number of carbonyl (C=O) groups excluding carboxylic acids is 1. The highest BCUT2D eigenvalue weighted by molar-refractivity contribution is 7.99. The molecule has 2 aromatic carbocycles. The average molecular weight is 457 g/mol. The fourth-order valence-electron chi connectivity index (χ4n) is 2.82. The third-order valence-corrected chi connectivity index (χ3v) is 7.06. The summed E-state index contributed by atoms with van der Waals surface area (Å²) in [5.41, 5.74) is 2.00. The molecule has 162 valence electrons. The maximum absolute atomic E-state index is 12.8. The van der Waals surface area contributed by atoms with Crippen LogP contribution < -0.4 is 5.32 Å². The lowest BCUT2D eigenvalue weighted by atomic mass is 10.2. The standard InChI is InChI=1S/C22H24N4O3S2/c1-3-13-26-20(16-31(28,29)19-11-9-17(2)10-12-19)24-25-22(26)30-15-21(27)23-14-18-7-5-4-6-8-18/h3-12H,1,13-16H2,2H3,(H,23,27). The number of aryl methyl sites for hydroxylation is 1. The second kappa shape index (κ2) is 10.4. The molecule has 0 spiro atoms. The van der Waals surface area contributed by atoms with Crippen molar-refractivity contribution in [1.82, 2.24) is 20.1 Å². The lowest BCUT2D eigenvalue weighted by molar-refractivity contribution is -0.118. The van der Waals surface area contributed by atoms with Gasteiger partial charge in [-0.15, -0.1) is 16.8 Å². The highest BCUT2D eigenvalue weighted by Crippen LogP contribution is 2.21. The molecule has 0 unspecified atom stereocenters. The highest BCUT2D eigenvalue weighted by atomic mass is 32.2. The monoisotopic (exact) mass is 456 g/mol. The zero-order valence-corrected chi connectivity index (χ0v) is 18.8. The van der Waals surface area contributed by atoms with Crippen LogP contribution in [0.5, 0.6) is 0 Å². The normalized spacial score (nSPS) is 11.3. The number of nitrogens with zero attached hydrogens (tertiary/aromatic N) is 3. The Kier molecular flexibility index (Phi) is 7.64. The number of aromatic nitrogens is 3. The van der Waals surface area contributed by atoms with Crippen molar-refractivity contribution in [3.05, 3.63) is 84.2 Å². The molecule has 1 N–H and O–H groups in total. The molecule has 7 nitrogen and oxygen atoms in total. The summed E-state index contributed by atoms with van der Waals surface area (Å²) in [7, 11) is -3.57. The molecule has 0 aliphatic heterocycles. The van der Waals surface area contributed by atoms with Gasteiger partial charge in [-0.1, -0.05) is 65.9 Å². The molecule has 0 radical (unpaired) electrons. The first-order valence-electron chi connectivity index (χ1n) is 9.65. The van der Waals surface area contributed by atoms with Gasteiger partial charge >= 0.3 is 0 Å². The van der Waals surface area contributed by atoms with Crippen molar-refractivity contribution in [3.63, 3.8) is 0 Å². The van der Waals surface area contributed by atoms with Crippen molar-refractivity contribution in [2.45, 2.75) is 35.8 Å². The van der Waals surface area contributed by atoms with Crippen LogP contribution in [0.25, 0.3) is 0 Å². The minimum atomic E-state index is -3.57. The molecule has 0 bridgehead atoms. The van der Waals surface area contributed by atoms with Crippen LogP contribution in [0.1, 0.15) is 17.0 Å².